The number of hydrogen-bond donors (Lipinski definition) is 0. The SMILES string of the molecule is COCOC1(c2ncc(-c3c(Cl)cnc4c3cc(-c3ccc5c(c3)CN(C(=O)OC(C)(C)C)CC5)n4S(=O)(=O)c3ccc(C)cc3)s2)CCC1. The maximum Gasteiger partial charge on any atom is 0.410 e. The van der Waals surface area contributed by atoms with E-state index in [9.17, 15) is 13.2 Å². The largest absolute Gasteiger partial charge is 0.444 e. The van der Waals surface area contributed by atoms with Crippen molar-refractivity contribution >= 4 is 50.1 Å². The van der Waals surface area contributed by atoms with Crippen molar-refractivity contribution in [2.45, 2.75) is 76.0 Å². The third-order valence-electron chi connectivity index (χ3n) is 9.22. The van der Waals surface area contributed by atoms with E-state index in [-0.39, 0.29) is 23.4 Å². The lowest BCUT2D eigenvalue weighted by atomic mass is 9.80. The molecule has 1 aliphatic heterocycles. The van der Waals surface area contributed by atoms with E-state index in [2.05, 4.69) is 4.98 Å². The van der Waals surface area contributed by atoms with Gasteiger partial charge in [-0.3, -0.25) is 0 Å². The van der Waals surface area contributed by atoms with Crippen molar-refractivity contribution in [3.05, 3.63) is 87.6 Å². The Labute approximate surface area is 301 Å². The van der Waals surface area contributed by atoms with Gasteiger partial charge in [0.15, 0.2) is 5.65 Å². The first-order chi connectivity index (χ1) is 23.8. The van der Waals surface area contributed by atoms with E-state index >= 15 is 0 Å². The molecular formula is C37H39ClN4O6S2. The van der Waals surface area contributed by atoms with Gasteiger partial charge in [-0.15, -0.1) is 11.3 Å². The van der Waals surface area contributed by atoms with Crippen LogP contribution < -0.4 is 0 Å². The van der Waals surface area contributed by atoms with Gasteiger partial charge in [0, 0.05) is 43.5 Å². The van der Waals surface area contributed by atoms with Crippen LogP contribution in [0.2, 0.25) is 5.02 Å². The Balaban J connectivity index is 1.38. The number of hydrogen-bond acceptors (Lipinski definition) is 9. The predicted molar refractivity (Wildman–Crippen MR) is 194 cm³/mol. The third kappa shape index (κ3) is 6.32. The number of pyridine rings is 1. The second-order valence-electron chi connectivity index (χ2n) is 13.9. The molecule has 13 heteroatoms. The van der Waals surface area contributed by atoms with Gasteiger partial charge in [-0.1, -0.05) is 41.4 Å². The molecule has 1 saturated carbocycles. The minimum absolute atomic E-state index is 0.136. The normalized spacial score (nSPS) is 15.9. The Morgan fingerprint density at radius 1 is 1.04 bits per heavy atom. The maximum absolute atomic E-state index is 14.6. The zero-order valence-electron chi connectivity index (χ0n) is 28.7. The van der Waals surface area contributed by atoms with Gasteiger partial charge in [0.1, 0.15) is 23.0 Å². The number of methoxy groups -OCH3 is 1. The molecular weight excluding hydrogens is 696 g/mol. The summed E-state index contributed by atoms with van der Waals surface area (Å²) in [5.74, 6) is 0. The number of rotatable bonds is 8. The Morgan fingerprint density at radius 2 is 1.80 bits per heavy atom. The van der Waals surface area contributed by atoms with E-state index in [4.69, 9.17) is 30.8 Å². The molecule has 0 N–H and O–H groups in total. The van der Waals surface area contributed by atoms with Crippen molar-refractivity contribution in [2.24, 2.45) is 0 Å². The summed E-state index contributed by atoms with van der Waals surface area (Å²) >= 11 is 8.37. The molecule has 1 fully saturated rings. The minimum atomic E-state index is -4.14. The van der Waals surface area contributed by atoms with Crippen molar-refractivity contribution in [1.29, 1.82) is 0 Å². The molecule has 262 valence electrons. The Kier molecular flexibility index (Phi) is 9.05. The average Bonchev–Trinajstić information content (AvgIpc) is 3.69. The van der Waals surface area contributed by atoms with Gasteiger partial charge < -0.3 is 19.1 Å². The fourth-order valence-electron chi connectivity index (χ4n) is 6.50. The number of aryl methyl sites for hydroxylation is 1. The van der Waals surface area contributed by atoms with E-state index in [0.29, 0.717) is 46.7 Å². The fourth-order valence-corrected chi connectivity index (χ4v) is 9.48. The Bertz CT molecular complexity index is 2200. The monoisotopic (exact) mass is 734 g/mol. The molecule has 7 rings (SSSR count). The van der Waals surface area contributed by atoms with Crippen LogP contribution in [0.1, 0.15) is 61.7 Å². The van der Waals surface area contributed by atoms with Crippen LogP contribution in [0.4, 0.5) is 4.79 Å². The molecule has 5 aromatic rings. The lowest BCUT2D eigenvalue weighted by Gasteiger charge is -2.39. The molecule has 0 spiro atoms. The zero-order valence-corrected chi connectivity index (χ0v) is 31.0. The summed E-state index contributed by atoms with van der Waals surface area (Å²) in [7, 11) is -2.54. The molecule has 0 saturated heterocycles. The van der Waals surface area contributed by atoms with Gasteiger partial charge >= 0.3 is 6.09 Å². The first-order valence-corrected chi connectivity index (χ1v) is 19.1. The second kappa shape index (κ2) is 13.1. The average molecular weight is 735 g/mol. The van der Waals surface area contributed by atoms with Gasteiger partial charge in [-0.2, -0.15) is 0 Å². The standard InChI is InChI=1S/C37H39ClN4O6S2/c1-23-7-11-27(12-8-23)50(44,45)42-30(25-10-9-24-13-16-41(21-26(24)17-25)35(43)48-36(2,3)4)18-28-32(29(38)19-39-33(28)42)31-20-40-34(49-31)37(14-6-15-37)47-22-46-5/h7-12,17-20H,6,13-16,21-22H2,1-5H3. The highest BCUT2D eigenvalue weighted by Crippen LogP contribution is 2.49. The van der Waals surface area contributed by atoms with E-state index in [1.54, 1.807) is 42.5 Å². The molecule has 2 aliphatic rings. The van der Waals surface area contributed by atoms with E-state index in [1.165, 1.54) is 21.5 Å². The van der Waals surface area contributed by atoms with Crippen molar-refractivity contribution in [3.63, 3.8) is 0 Å². The number of benzene rings is 2. The van der Waals surface area contributed by atoms with Crippen LogP contribution in [0.15, 0.2) is 65.8 Å². The Morgan fingerprint density at radius 3 is 2.48 bits per heavy atom. The van der Waals surface area contributed by atoms with Crippen molar-refractivity contribution in [3.8, 4) is 21.7 Å². The minimum Gasteiger partial charge on any atom is -0.444 e. The molecule has 2 aromatic carbocycles. The smallest absolute Gasteiger partial charge is 0.410 e. The predicted octanol–water partition coefficient (Wildman–Crippen LogP) is 8.32. The summed E-state index contributed by atoms with van der Waals surface area (Å²) in [4.78, 5) is 25.0. The van der Waals surface area contributed by atoms with Gasteiger partial charge in [0.2, 0.25) is 0 Å². The zero-order chi connectivity index (χ0) is 35.4. The third-order valence-corrected chi connectivity index (χ3v) is 12.4. The summed E-state index contributed by atoms with van der Waals surface area (Å²) in [6, 6.07) is 14.5. The summed E-state index contributed by atoms with van der Waals surface area (Å²) in [6.07, 6.45) is 6.24. The molecule has 1 amide bonds. The quantitative estimate of drug-likeness (QED) is 0.146. The molecule has 3 aromatic heterocycles. The molecule has 10 nitrogen and oxygen atoms in total. The highest BCUT2D eigenvalue weighted by molar-refractivity contribution is 7.90. The van der Waals surface area contributed by atoms with Gasteiger partial charge in [0.25, 0.3) is 10.0 Å². The summed E-state index contributed by atoms with van der Waals surface area (Å²) in [5.41, 5.74) is 3.81. The van der Waals surface area contributed by atoms with Gasteiger partial charge in [-0.05, 0) is 94.3 Å². The first kappa shape index (κ1) is 34.6. The van der Waals surface area contributed by atoms with Crippen LogP contribution in [0, 0.1) is 6.92 Å². The van der Waals surface area contributed by atoms with Gasteiger partial charge in [0.05, 0.1) is 20.5 Å². The maximum atomic E-state index is 14.6. The van der Waals surface area contributed by atoms with Crippen LogP contribution >= 0.6 is 22.9 Å². The molecule has 50 heavy (non-hydrogen) atoms. The van der Waals surface area contributed by atoms with Crippen molar-refractivity contribution in [2.75, 3.05) is 20.4 Å². The fraction of sp³-hybridized carbons (Fsp3) is 0.378. The number of carbonyl (C=O) groups is 1. The van der Waals surface area contributed by atoms with E-state index < -0.39 is 21.2 Å². The van der Waals surface area contributed by atoms with Gasteiger partial charge in [-0.25, -0.2) is 27.2 Å². The van der Waals surface area contributed by atoms with Crippen LogP contribution in [-0.4, -0.2) is 59.4 Å². The molecule has 1 aliphatic carbocycles. The summed E-state index contributed by atoms with van der Waals surface area (Å²) in [5, 5.41) is 1.78. The highest BCUT2D eigenvalue weighted by atomic mass is 35.5. The van der Waals surface area contributed by atoms with Crippen molar-refractivity contribution in [1.82, 2.24) is 18.8 Å². The molecule has 0 atom stereocenters. The summed E-state index contributed by atoms with van der Waals surface area (Å²) < 4.78 is 47.4. The number of nitrogens with zero attached hydrogens (tertiary/aromatic N) is 4. The molecule has 0 bridgehead atoms. The van der Waals surface area contributed by atoms with Crippen LogP contribution in [-0.2, 0) is 42.8 Å². The molecule has 4 heterocycles. The van der Waals surface area contributed by atoms with E-state index in [0.717, 1.165) is 45.8 Å². The lowest BCUT2D eigenvalue weighted by molar-refractivity contribution is -0.171. The second-order valence-corrected chi connectivity index (χ2v) is 17.1. The number of amides is 1. The van der Waals surface area contributed by atoms with Crippen LogP contribution in [0.3, 0.4) is 0 Å². The van der Waals surface area contributed by atoms with Crippen LogP contribution in [0.25, 0.3) is 32.7 Å². The number of fused-ring (bicyclic) bond motifs is 2. The number of thiazole rings is 1. The van der Waals surface area contributed by atoms with E-state index in [1.807, 2.05) is 52.0 Å². The van der Waals surface area contributed by atoms with Crippen molar-refractivity contribution < 1.29 is 27.4 Å². The molecule has 0 unspecified atom stereocenters. The first-order valence-electron chi connectivity index (χ1n) is 16.5. The summed E-state index contributed by atoms with van der Waals surface area (Å²) in [6.45, 7) is 8.48. The lowest BCUT2D eigenvalue weighted by Crippen LogP contribution is -2.39. The Hall–Kier alpha value is -3.81. The number of ether oxygens (including phenoxy) is 3. The number of aromatic nitrogens is 3. The highest BCUT2D eigenvalue weighted by Gasteiger charge is 2.43. The van der Waals surface area contributed by atoms with Crippen LogP contribution in [0.5, 0.6) is 0 Å². The number of carbonyl (C=O) groups excluding carboxylic acids is 1. The topological polar surface area (TPSA) is 113 Å². The number of halogens is 1. The molecule has 0 radical (unpaired) electrons.